The van der Waals surface area contributed by atoms with Gasteiger partial charge < -0.3 is 5.32 Å². The van der Waals surface area contributed by atoms with Crippen molar-refractivity contribution in [3.05, 3.63) is 33.8 Å². The van der Waals surface area contributed by atoms with Crippen LogP contribution in [0.4, 0.5) is 0 Å². The molecular formula is C15H20Cl2N2O3S. The molecule has 0 saturated carbocycles. The highest BCUT2D eigenvalue weighted by molar-refractivity contribution is 7.89. The Kier molecular flexibility index (Phi) is 6.31. The monoisotopic (exact) mass is 378 g/mol. The van der Waals surface area contributed by atoms with Crippen molar-refractivity contribution in [2.45, 2.75) is 32.2 Å². The third-order valence-electron chi connectivity index (χ3n) is 3.77. The molecule has 1 fully saturated rings. The molecule has 5 nitrogen and oxygen atoms in total. The molecular weight excluding hydrogens is 359 g/mol. The molecule has 0 radical (unpaired) electrons. The van der Waals surface area contributed by atoms with Gasteiger partial charge in [0.1, 0.15) is 0 Å². The van der Waals surface area contributed by atoms with Crippen LogP contribution in [0.15, 0.2) is 18.2 Å². The topological polar surface area (TPSA) is 66.5 Å². The summed E-state index contributed by atoms with van der Waals surface area (Å²) in [4.78, 5) is 12.2. The summed E-state index contributed by atoms with van der Waals surface area (Å²) in [6.07, 6.45) is 1.81. The van der Waals surface area contributed by atoms with Gasteiger partial charge in [-0.15, -0.1) is 0 Å². The van der Waals surface area contributed by atoms with E-state index in [2.05, 4.69) is 5.32 Å². The molecule has 0 atom stereocenters. The third-order valence-corrected chi connectivity index (χ3v) is 6.28. The Bertz CT molecular complexity index is 651. The minimum atomic E-state index is -3.16. The van der Waals surface area contributed by atoms with Crippen molar-refractivity contribution in [2.75, 3.05) is 18.8 Å². The summed E-state index contributed by atoms with van der Waals surface area (Å²) in [6.45, 7) is 2.72. The third kappa shape index (κ3) is 5.08. The quantitative estimate of drug-likeness (QED) is 0.856. The van der Waals surface area contributed by atoms with Gasteiger partial charge in [-0.3, -0.25) is 4.79 Å². The van der Waals surface area contributed by atoms with E-state index >= 15 is 0 Å². The summed E-state index contributed by atoms with van der Waals surface area (Å²) in [5.74, 6) is -0.0744. The lowest BCUT2D eigenvalue weighted by atomic mass is 10.1. The molecule has 0 bridgehead atoms. The van der Waals surface area contributed by atoms with E-state index < -0.39 is 10.0 Å². The van der Waals surface area contributed by atoms with Crippen LogP contribution in [-0.2, 0) is 10.0 Å². The highest BCUT2D eigenvalue weighted by atomic mass is 35.5. The van der Waals surface area contributed by atoms with Crippen molar-refractivity contribution < 1.29 is 13.2 Å². The summed E-state index contributed by atoms with van der Waals surface area (Å²) in [6, 6.07) is 4.64. The lowest BCUT2D eigenvalue weighted by molar-refractivity contribution is 0.0924. The predicted molar refractivity (Wildman–Crippen MR) is 92.6 cm³/mol. The van der Waals surface area contributed by atoms with Gasteiger partial charge in [-0.1, -0.05) is 30.1 Å². The van der Waals surface area contributed by atoms with Crippen molar-refractivity contribution in [1.29, 1.82) is 0 Å². The SMILES string of the molecule is CCCS(=O)(=O)N1CCC(NC(=O)c2cc(Cl)cc(Cl)c2)CC1. The van der Waals surface area contributed by atoms with Crippen molar-refractivity contribution in [3.8, 4) is 0 Å². The lowest BCUT2D eigenvalue weighted by Crippen LogP contribution is -2.47. The molecule has 0 unspecified atom stereocenters. The van der Waals surface area contributed by atoms with Gasteiger partial charge in [0.2, 0.25) is 10.0 Å². The molecule has 0 aromatic heterocycles. The molecule has 1 saturated heterocycles. The molecule has 128 valence electrons. The number of benzene rings is 1. The Labute approximate surface area is 147 Å². The fraction of sp³-hybridized carbons (Fsp3) is 0.533. The largest absolute Gasteiger partial charge is 0.349 e. The fourth-order valence-electron chi connectivity index (χ4n) is 2.62. The van der Waals surface area contributed by atoms with Gasteiger partial charge in [0, 0.05) is 34.7 Å². The van der Waals surface area contributed by atoms with E-state index in [1.165, 1.54) is 4.31 Å². The van der Waals surface area contributed by atoms with Crippen LogP contribution in [0.1, 0.15) is 36.5 Å². The first-order chi connectivity index (χ1) is 10.8. The summed E-state index contributed by atoms with van der Waals surface area (Å²) in [5.41, 5.74) is 0.406. The van der Waals surface area contributed by atoms with E-state index in [0.717, 1.165) is 0 Å². The van der Waals surface area contributed by atoms with Gasteiger partial charge in [-0.25, -0.2) is 12.7 Å². The standard InChI is InChI=1S/C15H20Cl2N2O3S/c1-2-7-23(21,22)19-5-3-14(4-6-19)18-15(20)11-8-12(16)10-13(17)9-11/h8-10,14H,2-7H2,1H3,(H,18,20). The molecule has 2 rings (SSSR count). The second kappa shape index (κ2) is 7.83. The van der Waals surface area contributed by atoms with Gasteiger partial charge in [-0.05, 0) is 37.5 Å². The number of rotatable bonds is 5. The Morgan fingerprint density at radius 3 is 2.30 bits per heavy atom. The van der Waals surface area contributed by atoms with Crippen LogP contribution < -0.4 is 5.32 Å². The van der Waals surface area contributed by atoms with E-state index in [4.69, 9.17) is 23.2 Å². The maximum atomic E-state index is 12.2. The minimum absolute atomic E-state index is 0.0478. The minimum Gasteiger partial charge on any atom is -0.349 e. The number of carbonyl (C=O) groups excluding carboxylic acids is 1. The van der Waals surface area contributed by atoms with Crippen LogP contribution >= 0.6 is 23.2 Å². The number of nitrogens with zero attached hydrogens (tertiary/aromatic N) is 1. The van der Waals surface area contributed by atoms with E-state index in [1.807, 2.05) is 6.92 Å². The number of carbonyl (C=O) groups is 1. The van der Waals surface area contributed by atoms with Crippen molar-refractivity contribution in [1.82, 2.24) is 9.62 Å². The summed E-state index contributed by atoms with van der Waals surface area (Å²) in [5, 5.41) is 3.73. The molecule has 23 heavy (non-hydrogen) atoms. The summed E-state index contributed by atoms with van der Waals surface area (Å²) >= 11 is 11.8. The summed E-state index contributed by atoms with van der Waals surface area (Å²) < 4.78 is 25.5. The average molecular weight is 379 g/mol. The zero-order valence-corrected chi connectivity index (χ0v) is 15.2. The molecule has 1 aromatic carbocycles. The van der Waals surface area contributed by atoms with Gasteiger partial charge in [0.05, 0.1) is 5.75 Å². The van der Waals surface area contributed by atoms with Gasteiger partial charge in [0.15, 0.2) is 0 Å². The maximum absolute atomic E-state index is 12.2. The smallest absolute Gasteiger partial charge is 0.251 e. The first kappa shape index (κ1) is 18.5. The second-order valence-corrected chi connectivity index (χ2v) is 8.58. The van der Waals surface area contributed by atoms with Crippen LogP contribution in [0.25, 0.3) is 0 Å². The second-order valence-electron chi connectivity index (χ2n) is 5.62. The van der Waals surface area contributed by atoms with Crippen LogP contribution in [-0.4, -0.2) is 43.5 Å². The van der Waals surface area contributed by atoms with E-state index in [1.54, 1.807) is 18.2 Å². The molecule has 1 aromatic rings. The number of nitrogens with one attached hydrogen (secondary N) is 1. The Balaban J connectivity index is 1.92. The summed E-state index contributed by atoms with van der Waals surface area (Å²) in [7, 11) is -3.16. The highest BCUT2D eigenvalue weighted by Crippen LogP contribution is 2.20. The molecule has 0 aliphatic carbocycles. The number of piperidine rings is 1. The van der Waals surface area contributed by atoms with E-state index in [0.29, 0.717) is 48.0 Å². The van der Waals surface area contributed by atoms with Crippen LogP contribution in [0.3, 0.4) is 0 Å². The molecule has 1 aliphatic heterocycles. The number of hydrogen-bond donors (Lipinski definition) is 1. The number of halogens is 2. The highest BCUT2D eigenvalue weighted by Gasteiger charge is 2.28. The first-order valence-electron chi connectivity index (χ1n) is 7.56. The zero-order chi connectivity index (χ0) is 17.0. The van der Waals surface area contributed by atoms with E-state index in [-0.39, 0.29) is 17.7 Å². The number of amides is 1. The van der Waals surface area contributed by atoms with Crippen LogP contribution in [0.2, 0.25) is 10.0 Å². The normalized spacial score (nSPS) is 17.2. The van der Waals surface area contributed by atoms with Crippen molar-refractivity contribution in [2.24, 2.45) is 0 Å². The number of sulfonamides is 1. The number of hydrogen-bond acceptors (Lipinski definition) is 3. The van der Waals surface area contributed by atoms with Crippen LogP contribution in [0.5, 0.6) is 0 Å². The van der Waals surface area contributed by atoms with Gasteiger partial charge in [0.25, 0.3) is 5.91 Å². The van der Waals surface area contributed by atoms with Gasteiger partial charge in [-0.2, -0.15) is 0 Å². The Morgan fingerprint density at radius 1 is 1.22 bits per heavy atom. The molecule has 0 spiro atoms. The fourth-order valence-corrected chi connectivity index (χ4v) is 4.69. The molecule has 1 aliphatic rings. The predicted octanol–water partition coefficient (Wildman–Crippen LogP) is 2.93. The lowest BCUT2D eigenvalue weighted by Gasteiger charge is -2.31. The molecule has 1 amide bonds. The zero-order valence-electron chi connectivity index (χ0n) is 12.9. The van der Waals surface area contributed by atoms with Gasteiger partial charge >= 0.3 is 0 Å². The molecule has 1 heterocycles. The Morgan fingerprint density at radius 2 is 1.78 bits per heavy atom. The molecule has 1 N–H and O–H groups in total. The van der Waals surface area contributed by atoms with Crippen molar-refractivity contribution >= 4 is 39.1 Å². The first-order valence-corrected chi connectivity index (χ1v) is 9.93. The Hall–Kier alpha value is -0.820. The van der Waals surface area contributed by atoms with E-state index in [9.17, 15) is 13.2 Å². The van der Waals surface area contributed by atoms with Crippen LogP contribution in [0, 0.1) is 0 Å². The van der Waals surface area contributed by atoms with Crippen molar-refractivity contribution in [3.63, 3.8) is 0 Å². The molecule has 8 heteroatoms. The average Bonchev–Trinajstić information content (AvgIpc) is 2.46. The maximum Gasteiger partial charge on any atom is 0.251 e.